The lowest BCUT2D eigenvalue weighted by Gasteiger charge is -2.27. The van der Waals surface area contributed by atoms with Crippen LogP contribution in [-0.2, 0) is 4.79 Å². The Hall–Kier alpha value is -1.31. The van der Waals surface area contributed by atoms with E-state index in [2.05, 4.69) is 26.0 Å². The number of ether oxygens (including phenoxy) is 1. The molecule has 1 aliphatic rings. The van der Waals surface area contributed by atoms with E-state index in [4.69, 9.17) is 4.74 Å². The van der Waals surface area contributed by atoms with Crippen LogP contribution in [0, 0.1) is 5.92 Å². The van der Waals surface area contributed by atoms with E-state index < -0.39 is 0 Å². The number of rotatable bonds is 9. The van der Waals surface area contributed by atoms with Crippen LogP contribution >= 0.6 is 0 Å². The Morgan fingerprint density at radius 3 is 2.43 bits per heavy atom. The third kappa shape index (κ3) is 5.67. The Morgan fingerprint density at radius 1 is 1.00 bits per heavy atom. The quantitative estimate of drug-likeness (QED) is 0.530. The molecule has 0 saturated heterocycles. The summed E-state index contributed by atoms with van der Waals surface area (Å²) in [4.78, 5) is 12.4. The summed E-state index contributed by atoms with van der Waals surface area (Å²) < 4.78 is 5.79. The van der Waals surface area contributed by atoms with Crippen molar-refractivity contribution in [3.8, 4) is 5.75 Å². The molecule has 0 unspecified atom stereocenters. The third-order valence-electron chi connectivity index (χ3n) is 4.99. The molecular weight excluding hydrogens is 284 g/mol. The van der Waals surface area contributed by atoms with Crippen molar-refractivity contribution in [2.24, 2.45) is 5.92 Å². The summed E-state index contributed by atoms with van der Waals surface area (Å²) in [7, 11) is 0. The van der Waals surface area contributed by atoms with Gasteiger partial charge in [0.1, 0.15) is 11.5 Å². The van der Waals surface area contributed by atoms with Gasteiger partial charge in [0.15, 0.2) is 0 Å². The fourth-order valence-electron chi connectivity index (χ4n) is 3.61. The predicted octanol–water partition coefficient (Wildman–Crippen LogP) is 5.90. The van der Waals surface area contributed by atoms with Gasteiger partial charge in [-0.1, -0.05) is 58.1 Å². The Kier molecular flexibility index (Phi) is 7.64. The van der Waals surface area contributed by atoms with Gasteiger partial charge in [-0.15, -0.1) is 0 Å². The van der Waals surface area contributed by atoms with Crippen molar-refractivity contribution in [2.75, 3.05) is 6.61 Å². The average Bonchev–Trinajstić information content (AvgIpc) is 2.56. The van der Waals surface area contributed by atoms with Gasteiger partial charge in [0.25, 0.3) is 0 Å². The highest BCUT2D eigenvalue weighted by Crippen LogP contribution is 2.35. The summed E-state index contributed by atoms with van der Waals surface area (Å²) in [5.41, 5.74) is 1.17. The molecule has 23 heavy (non-hydrogen) atoms. The molecule has 0 N–H and O–H groups in total. The molecule has 0 bridgehead atoms. The second-order valence-electron chi connectivity index (χ2n) is 6.93. The molecule has 0 aromatic heterocycles. The maximum atomic E-state index is 12.4. The summed E-state index contributed by atoms with van der Waals surface area (Å²) in [6.07, 6.45) is 10.3. The lowest BCUT2D eigenvalue weighted by atomic mass is 9.76. The molecule has 2 rings (SSSR count). The molecule has 2 atom stereocenters. The van der Waals surface area contributed by atoms with Crippen LogP contribution < -0.4 is 4.74 Å². The zero-order valence-electron chi connectivity index (χ0n) is 14.9. The van der Waals surface area contributed by atoms with E-state index >= 15 is 0 Å². The summed E-state index contributed by atoms with van der Waals surface area (Å²) in [6.45, 7) is 5.22. The first-order valence-electron chi connectivity index (χ1n) is 9.50. The zero-order chi connectivity index (χ0) is 16.5. The van der Waals surface area contributed by atoms with Gasteiger partial charge in [-0.05, 0) is 42.9 Å². The van der Waals surface area contributed by atoms with E-state index in [0.717, 1.165) is 31.6 Å². The number of ketones is 1. The van der Waals surface area contributed by atoms with Crippen LogP contribution in [0.1, 0.15) is 83.1 Å². The SMILES string of the molecule is CCCCCCOc1ccc([C@@H]2CC[C@@H](CCC)CC2=O)cc1. The normalized spacial score (nSPS) is 21.4. The Morgan fingerprint density at radius 2 is 1.78 bits per heavy atom. The lowest BCUT2D eigenvalue weighted by molar-refractivity contribution is -0.123. The summed E-state index contributed by atoms with van der Waals surface area (Å²) in [5, 5.41) is 0. The molecule has 2 heteroatoms. The van der Waals surface area contributed by atoms with Crippen molar-refractivity contribution in [1.29, 1.82) is 0 Å². The van der Waals surface area contributed by atoms with Crippen LogP contribution in [0.15, 0.2) is 24.3 Å². The second kappa shape index (κ2) is 9.75. The number of unbranched alkanes of at least 4 members (excludes halogenated alkanes) is 3. The molecule has 1 fully saturated rings. The van der Waals surface area contributed by atoms with Gasteiger partial charge in [-0.25, -0.2) is 0 Å². The van der Waals surface area contributed by atoms with Gasteiger partial charge in [-0.3, -0.25) is 4.79 Å². The molecule has 1 saturated carbocycles. The maximum absolute atomic E-state index is 12.4. The molecule has 1 aromatic rings. The highest BCUT2D eigenvalue weighted by atomic mass is 16.5. The number of carbonyl (C=O) groups is 1. The van der Waals surface area contributed by atoms with Crippen LogP contribution in [-0.4, -0.2) is 12.4 Å². The van der Waals surface area contributed by atoms with Crippen LogP contribution in [0.4, 0.5) is 0 Å². The topological polar surface area (TPSA) is 26.3 Å². The minimum atomic E-state index is 0.113. The van der Waals surface area contributed by atoms with Crippen molar-refractivity contribution in [3.05, 3.63) is 29.8 Å². The Balaban J connectivity index is 1.81. The van der Waals surface area contributed by atoms with Gasteiger partial charge < -0.3 is 4.74 Å². The van der Waals surface area contributed by atoms with E-state index in [0.29, 0.717) is 11.7 Å². The fourth-order valence-corrected chi connectivity index (χ4v) is 3.61. The van der Waals surface area contributed by atoms with Crippen molar-refractivity contribution in [1.82, 2.24) is 0 Å². The number of hydrogen-bond donors (Lipinski definition) is 0. The summed E-state index contributed by atoms with van der Waals surface area (Å²) >= 11 is 0. The Labute approximate surface area is 141 Å². The number of carbonyl (C=O) groups excluding carboxylic acids is 1. The number of hydrogen-bond acceptors (Lipinski definition) is 2. The second-order valence-corrected chi connectivity index (χ2v) is 6.93. The van der Waals surface area contributed by atoms with Crippen molar-refractivity contribution >= 4 is 5.78 Å². The van der Waals surface area contributed by atoms with Gasteiger partial charge in [0, 0.05) is 12.3 Å². The van der Waals surface area contributed by atoms with E-state index in [1.807, 2.05) is 12.1 Å². The summed E-state index contributed by atoms with van der Waals surface area (Å²) in [6, 6.07) is 8.23. The summed E-state index contributed by atoms with van der Waals surface area (Å²) in [5.74, 6) is 2.09. The zero-order valence-corrected chi connectivity index (χ0v) is 14.9. The van der Waals surface area contributed by atoms with E-state index in [1.165, 1.54) is 44.1 Å². The number of Topliss-reactive ketones (excluding diaryl/α,β-unsaturated/α-hetero) is 1. The van der Waals surface area contributed by atoms with Crippen molar-refractivity contribution in [3.63, 3.8) is 0 Å². The van der Waals surface area contributed by atoms with E-state index in [-0.39, 0.29) is 5.92 Å². The first-order chi connectivity index (χ1) is 11.2. The van der Waals surface area contributed by atoms with E-state index in [9.17, 15) is 4.79 Å². The highest BCUT2D eigenvalue weighted by molar-refractivity contribution is 5.86. The molecule has 0 spiro atoms. The van der Waals surface area contributed by atoms with Gasteiger partial charge in [0.05, 0.1) is 6.61 Å². The van der Waals surface area contributed by atoms with Crippen LogP contribution in [0.5, 0.6) is 5.75 Å². The molecule has 128 valence electrons. The fraction of sp³-hybridized carbons (Fsp3) is 0.667. The standard InChI is InChI=1S/C21H32O2/c1-3-5-6-7-15-23-19-12-10-18(11-13-19)20-14-9-17(8-4-2)16-21(20)22/h10-13,17,20H,3-9,14-16H2,1-2H3/t17-,20+/m1/s1. The smallest absolute Gasteiger partial charge is 0.140 e. The molecule has 1 aliphatic carbocycles. The first-order valence-corrected chi connectivity index (χ1v) is 9.50. The first kappa shape index (κ1) is 18.0. The van der Waals surface area contributed by atoms with Gasteiger partial charge in [0.2, 0.25) is 0 Å². The molecule has 0 radical (unpaired) electrons. The predicted molar refractivity (Wildman–Crippen MR) is 96.1 cm³/mol. The highest BCUT2D eigenvalue weighted by Gasteiger charge is 2.29. The average molecular weight is 316 g/mol. The van der Waals surface area contributed by atoms with Crippen LogP contribution in [0.25, 0.3) is 0 Å². The lowest BCUT2D eigenvalue weighted by Crippen LogP contribution is -2.23. The maximum Gasteiger partial charge on any atom is 0.140 e. The van der Waals surface area contributed by atoms with Crippen LogP contribution in [0.2, 0.25) is 0 Å². The molecule has 0 heterocycles. The molecule has 1 aromatic carbocycles. The van der Waals surface area contributed by atoms with E-state index in [1.54, 1.807) is 0 Å². The minimum Gasteiger partial charge on any atom is -0.494 e. The van der Waals surface area contributed by atoms with Crippen LogP contribution in [0.3, 0.4) is 0 Å². The Bertz CT molecular complexity index is 463. The van der Waals surface area contributed by atoms with Gasteiger partial charge in [-0.2, -0.15) is 0 Å². The largest absolute Gasteiger partial charge is 0.494 e. The molecule has 0 amide bonds. The van der Waals surface area contributed by atoms with Crippen molar-refractivity contribution in [2.45, 2.75) is 77.6 Å². The molecule has 0 aliphatic heterocycles. The monoisotopic (exact) mass is 316 g/mol. The molecular formula is C21H32O2. The molecule has 2 nitrogen and oxygen atoms in total. The third-order valence-corrected chi connectivity index (χ3v) is 4.99. The minimum absolute atomic E-state index is 0.113. The number of benzene rings is 1. The van der Waals surface area contributed by atoms with Gasteiger partial charge >= 0.3 is 0 Å². The van der Waals surface area contributed by atoms with Crippen molar-refractivity contribution < 1.29 is 9.53 Å².